The molecular weight excluding hydrogens is 288 g/mol. The Morgan fingerprint density at radius 1 is 1.43 bits per heavy atom. The molecule has 0 spiro atoms. The van der Waals surface area contributed by atoms with E-state index in [4.69, 9.17) is 0 Å². The molecule has 1 saturated carbocycles. The quantitative estimate of drug-likeness (QED) is 0.710. The molecule has 1 heterocycles. The van der Waals surface area contributed by atoms with Crippen molar-refractivity contribution in [2.45, 2.75) is 57.0 Å². The SMILES string of the molecule is CCNCCCn1cc(S(=O)(=O)NC2CCC(C)C2)cn1. The highest BCUT2D eigenvalue weighted by Crippen LogP contribution is 2.25. The minimum Gasteiger partial charge on any atom is -0.317 e. The van der Waals surface area contributed by atoms with Crippen molar-refractivity contribution < 1.29 is 8.42 Å². The summed E-state index contributed by atoms with van der Waals surface area (Å²) in [6.45, 7) is 6.81. The molecule has 0 aromatic carbocycles. The van der Waals surface area contributed by atoms with Crippen LogP contribution in [0.15, 0.2) is 17.3 Å². The first-order chi connectivity index (χ1) is 10.0. The maximum absolute atomic E-state index is 12.3. The van der Waals surface area contributed by atoms with Gasteiger partial charge in [-0.25, -0.2) is 13.1 Å². The number of hydrogen-bond donors (Lipinski definition) is 2. The second-order valence-corrected chi connectivity index (χ2v) is 7.60. The van der Waals surface area contributed by atoms with Gasteiger partial charge < -0.3 is 5.32 Å². The fourth-order valence-corrected chi connectivity index (χ4v) is 3.99. The predicted octanol–water partition coefficient (Wildman–Crippen LogP) is 1.35. The Morgan fingerprint density at radius 3 is 2.90 bits per heavy atom. The molecule has 1 aromatic rings. The van der Waals surface area contributed by atoms with Crippen LogP contribution in [0.2, 0.25) is 0 Å². The van der Waals surface area contributed by atoms with Gasteiger partial charge in [0.1, 0.15) is 4.90 Å². The Balaban J connectivity index is 1.89. The molecule has 6 nitrogen and oxygen atoms in total. The number of aryl methyl sites for hydroxylation is 1. The summed E-state index contributed by atoms with van der Waals surface area (Å²) in [5.74, 6) is 0.603. The molecule has 21 heavy (non-hydrogen) atoms. The first-order valence-corrected chi connectivity index (χ1v) is 9.25. The van der Waals surface area contributed by atoms with Gasteiger partial charge in [0.05, 0.1) is 6.20 Å². The van der Waals surface area contributed by atoms with Crippen LogP contribution in [0.4, 0.5) is 0 Å². The Hall–Kier alpha value is -0.920. The summed E-state index contributed by atoms with van der Waals surface area (Å²) < 4.78 is 29.1. The summed E-state index contributed by atoms with van der Waals surface area (Å²) in [6, 6.07) is 0.0714. The number of aromatic nitrogens is 2. The van der Waals surface area contributed by atoms with Gasteiger partial charge in [0.25, 0.3) is 0 Å². The molecular formula is C14H26N4O2S. The van der Waals surface area contributed by atoms with Gasteiger partial charge in [-0.1, -0.05) is 13.8 Å². The lowest BCUT2D eigenvalue weighted by atomic mass is 10.1. The van der Waals surface area contributed by atoms with Crippen LogP contribution < -0.4 is 10.0 Å². The third kappa shape index (κ3) is 4.79. The zero-order valence-corrected chi connectivity index (χ0v) is 13.7. The topological polar surface area (TPSA) is 76.0 Å². The average molecular weight is 314 g/mol. The van der Waals surface area contributed by atoms with Crippen LogP contribution in [-0.2, 0) is 16.6 Å². The van der Waals surface area contributed by atoms with Gasteiger partial charge in [-0.3, -0.25) is 4.68 Å². The molecule has 0 aliphatic heterocycles. The van der Waals surface area contributed by atoms with Crippen molar-refractivity contribution in [1.29, 1.82) is 0 Å². The molecule has 2 unspecified atom stereocenters. The number of rotatable bonds is 8. The standard InChI is InChI=1S/C14H26N4O2S/c1-3-15-7-4-8-18-11-14(10-16-18)21(19,20)17-13-6-5-12(2)9-13/h10-13,15,17H,3-9H2,1-2H3. The summed E-state index contributed by atoms with van der Waals surface area (Å²) in [5.41, 5.74) is 0. The molecule has 0 saturated heterocycles. The monoisotopic (exact) mass is 314 g/mol. The van der Waals surface area contributed by atoms with E-state index < -0.39 is 10.0 Å². The fraction of sp³-hybridized carbons (Fsp3) is 0.786. The summed E-state index contributed by atoms with van der Waals surface area (Å²) >= 11 is 0. The number of hydrogen-bond acceptors (Lipinski definition) is 4. The molecule has 0 radical (unpaired) electrons. The normalized spacial score (nSPS) is 22.8. The molecule has 1 aliphatic rings. The van der Waals surface area contributed by atoms with Crippen LogP contribution in [0.1, 0.15) is 39.5 Å². The van der Waals surface area contributed by atoms with Gasteiger partial charge in [-0.05, 0) is 44.7 Å². The third-order valence-electron chi connectivity index (χ3n) is 3.93. The number of nitrogens with zero attached hydrogens (tertiary/aromatic N) is 2. The summed E-state index contributed by atoms with van der Waals surface area (Å²) in [5, 5.41) is 7.38. The van der Waals surface area contributed by atoms with Crippen molar-refractivity contribution in [3.8, 4) is 0 Å². The lowest BCUT2D eigenvalue weighted by Gasteiger charge is -2.11. The van der Waals surface area contributed by atoms with E-state index in [1.807, 2.05) is 0 Å². The molecule has 1 aromatic heterocycles. The largest absolute Gasteiger partial charge is 0.317 e. The van der Waals surface area contributed by atoms with Gasteiger partial charge in [0.2, 0.25) is 10.0 Å². The van der Waals surface area contributed by atoms with E-state index >= 15 is 0 Å². The van der Waals surface area contributed by atoms with E-state index in [0.717, 1.165) is 45.3 Å². The summed E-state index contributed by atoms with van der Waals surface area (Å²) in [6.07, 6.45) is 6.94. The van der Waals surface area contributed by atoms with Crippen molar-refractivity contribution in [2.75, 3.05) is 13.1 Å². The first-order valence-electron chi connectivity index (χ1n) is 7.76. The number of sulfonamides is 1. The predicted molar refractivity (Wildman–Crippen MR) is 82.5 cm³/mol. The van der Waals surface area contributed by atoms with Crippen LogP contribution in [0.5, 0.6) is 0 Å². The highest BCUT2D eigenvalue weighted by molar-refractivity contribution is 7.89. The second kappa shape index (κ2) is 7.38. The fourth-order valence-electron chi connectivity index (χ4n) is 2.75. The molecule has 0 bridgehead atoms. The molecule has 120 valence electrons. The zero-order chi connectivity index (χ0) is 15.3. The smallest absolute Gasteiger partial charge is 0.243 e. The maximum Gasteiger partial charge on any atom is 0.243 e. The minimum atomic E-state index is -3.43. The Morgan fingerprint density at radius 2 is 2.24 bits per heavy atom. The highest BCUT2D eigenvalue weighted by atomic mass is 32.2. The lowest BCUT2D eigenvalue weighted by molar-refractivity contribution is 0.536. The van der Waals surface area contributed by atoms with E-state index in [1.165, 1.54) is 6.20 Å². The average Bonchev–Trinajstić information content (AvgIpc) is 3.04. The van der Waals surface area contributed by atoms with Crippen molar-refractivity contribution in [1.82, 2.24) is 19.8 Å². The van der Waals surface area contributed by atoms with Crippen molar-refractivity contribution in [2.24, 2.45) is 5.92 Å². The Kier molecular flexibility index (Phi) is 5.78. The van der Waals surface area contributed by atoms with Gasteiger partial charge in [0, 0.05) is 18.8 Å². The Labute approximate surface area is 127 Å². The van der Waals surface area contributed by atoms with Crippen LogP contribution >= 0.6 is 0 Å². The molecule has 1 fully saturated rings. The van der Waals surface area contributed by atoms with E-state index in [0.29, 0.717) is 5.92 Å². The van der Waals surface area contributed by atoms with Crippen molar-refractivity contribution >= 4 is 10.0 Å². The van der Waals surface area contributed by atoms with Crippen LogP contribution in [0.3, 0.4) is 0 Å². The van der Waals surface area contributed by atoms with Gasteiger partial charge in [-0.2, -0.15) is 5.10 Å². The van der Waals surface area contributed by atoms with Gasteiger partial charge >= 0.3 is 0 Å². The molecule has 2 atom stereocenters. The highest BCUT2D eigenvalue weighted by Gasteiger charge is 2.27. The Bertz CT molecular complexity index is 541. The third-order valence-corrected chi connectivity index (χ3v) is 5.40. The van der Waals surface area contributed by atoms with Crippen molar-refractivity contribution in [3.63, 3.8) is 0 Å². The molecule has 1 aliphatic carbocycles. The summed E-state index contributed by atoms with van der Waals surface area (Å²) in [7, 11) is -3.43. The van der Waals surface area contributed by atoms with E-state index in [9.17, 15) is 8.42 Å². The van der Waals surface area contributed by atoms with E-state index in [2.05, 4.69) is 29.0 Å². The minimum absolute atomic E-state index is 0.0714. The second-order valence-electron chi connectivity index (χ2n) is 5.88. The van der Waals surface area contributed by atoms with Crippen LogP contribution in [0, 0.1) is 5.92 Å². The molecule has 2 rings (SSSR count). The molecule has 7 heteroatoms. The first kappa shape index (κ1) is 16.5. The molecule has 0 amide bonds. The lowest BCUT2D eigenvalue weighted by Crippen LogP contribution is -2.32. The van der Waals surface area contributed by atoms with Gasteiger partial charge in [0.15, 0.2) is 0 Å². The van der Waals surface area contributed by atoms with Crippen LogP contribution in [0.25, 0.3) is 0 Å². The molecule has 2 N–H and O–H groups in total. The number of nitrogens with one attached hydrogen (secondary N) is 2. The van der Waals surface area contributed by atoms with Gasteiger partial charge in [-0.15, -0.1) is 0 Å². The van der Waals surface area contributed by atoms with E-state index in [1.54, 1.807) is 10.9 Å². The summed E-state index contributed by atoms with van der Waals surface area (Å²) in [4.78, 5) is 0.269. The van der Waals surface area contributed by atoms with Crippen molar-refractivity contribution in [3.05, 3.63) is 12.4 Å². The zero-order valence-electron chi connectivity index (χ0n) is 12.9. The van der Waals surface area contributed by atoms with E-state index in [-0.39, 0.29) is 10.9 Å². The van der Waals surface area contributed by atoms with Crippen LogP contribution in [-0.4, -0.2) is 37.3 Å². The maximum atomic E-state index is 12.3.